The van der Waals surface area contributed by atoms with E-state index in [1.54, 1.807) is 34.7 Å². The van der Waals surface area contributed by atoms with Gasteiger partial charge in [-0.3, -0.25) is 4.79 Å². The summed E-state index contributed by atoms with van der Waals surface area (Å²) in [7, 11) is 0. The van der Waals surface area contributed by atoms with Crippen molar-refractivity contribution in [3.63, 3.8) is 0 Å². The van der Waals surface area contributed by atoms with E-state index in [0.29, 0.717) is 3.57 Å². The van der Waals surface area contributed by atoms with E-state index in [0.717, 1.165) is 12.1 Å². The Balaban J connectivity index is 3.05. The fourth-order valence-electron chi connectivity index (χ4n) is 1.87. The minimum Gasteiger partial charge on any atom is -0.384 e. The molecule has 0 saturated heterocycles. The first-order valence-electron chi connectivity index (χ1n) is 5.41. The number of nitrogens with two attached hydrogens (primary N) is 1. The Labute approximate surface area is 130 Å². The lowest BCUT2D eigenvalue weighted by atomic mass is 9.96. The third-order valence-corrected chi connectivity index (χ3v) is 3.35. The van der Waals surface area contributed by atoms with E-state index in [-0.39, 0.29) is 11.4 Å². The highest BCUT2D eigenvalue weighted by Gasteiger charge is 2.24. The fourth-order valence-corrected chi connectivity index (χ4v) is 2.42. The molecular formula is C13H5F2IN4O. The molecule has 8 heteroatoms. The molecule has 1 heterocycles. The average molecular weight is 398 g/mol. The van der Waals surface area contributed by atoms with Gasteiger partial charge in [-0.25, -0.2) is 8.78 Å². The van der Waals surface area contributed by atoms with Crippen molar-refractivity contribution in [2.45, 2.75) is 0 Å². The number of nitrogen functional groups attached to an aromatic ring is 1. The zero-order valence-corrected chi connectivity index (χ0v) is 12.3. The Morgan fingerprint density at radius 1 is 1.10 bits per heavy atom. The molecule has 0 fully saturated rings. The highest BCUT2D eigenvalue weighted by atomic mass is 127. The number of aromatic nitrogens is 1. The van der Waals surface area contributed by atoms with Gasteiger partial charge < -0.3 is 10.7 Å². The molecular weight excluding hydrogens is 393 g/mol. The average Bonchev–Trinajstić information content (AvgIpc) is 2.37. The molecule has 0 saturated carbocycles. The van der Waals surface area contributed by atoms with Crippen molar-refractivity contribution in [1.82, 2.24) is 4.98 Å². The van der Waals surface area contributed by atoms with Crippen LogP contribution in [-0.2, 0) is 0 Å². The molecule has 2 aromatic rings. The summed E-state index contributed by atoms with van der Waals surface area (Å²) >= 11 is 1.71. The summed E-state index contributed by atoms with van der Waals surface area (Å²) in [6, 6.07) is 5.25. The molecule has 0 atom stereocenters. The monoisotopic (exact) mass is 398 g/mol. The predicted octanol–water partition coefficient (Wildman–Crippen LogP) is 2.25. The first-order chi connectivity index (χ1) is 9.90. The number of nitrogens with zero attached hydrogens (tertiary/aromatic N) is 2. The van der Waals surface area contributed by atoms with Gasteiger partial charge in [0.2, 0.25) is 0 Å². The quantitative estimate of drug-likeness (QED) is 0.719. The van der Waals surface area contributed by atoms with Crippen LogP contribution >= 0.6 is 22.6 Å². The van der Waals surface area contributed by atoms with E-state index >= 15 is 0 Å². The fraction of sp³-hybridized carbons (Fsp3) is 0. The van der Waals surface area contributed by atoms with E-state index in [1.165, 1.54) is 0 Å². The number of rotatable bonds is 1. The lowest BCUT2D eigenvalue weighted by molar-refractivity contribution is 0.588. The standard InChI is InChI=1S/C13H5F2IN4O/c14-8-1-5(16)2-9(15)11(8)10-6(3-17)12(19)20-13(21)7(10)4-18/h1-2H,(H3,19,20,21). The summed E-state index contributed by atoms with van der Waals surface area (Å²) in [6.45, 7) is 0. The molecule has 0 aliphatic heterocycles. The number of anilines is 1. The third kappa shape index (κ3) is 2.45. The number of H-pyrrole nitrogens is 1. The van der Waals surface area contributed by atoms with Crippen molar-refractivity contribution in [3.8, 4) is 23.3 Å². The topological polar surface area (TPSA) is 106 Å². The molecule has 0 aliphatic carbocycles. The van der Waals surface area contributed by atoms with Crippen LogP contribution < -0.4 is 11.3 Å². The summed E-state index contributed by atoms with van der Waals surface area (Å²) in [5.41, 5.74) is 2.59. The molecule has 104 valence electrons. The number of nitrogens with one attached hydrogen (secondary N) is 1. The van der Waals surface area contributed by atoms with Gasteiger partial charge in [0, 0.05) is 9.13 Å². The number of halogens is 3. The smallest absolute Gasteiger partial charge is 0.268 e. The molecule has 21 heavy (non-hydrogen) atoms. The molecule has 0 aliphatic rings. The number of hydrogen-bond acceptors (Lipinski definition) is 4. The first-order valence-corrected chi connectivity index (χ1v) is 6.49. The summed E-state index contributed by atoms with van der Waals surface area (Å²) in [6.07, 6.45) is 0. The SMILES string of the molecule is N#Cc1c(N)[nH]c(=O)c(C#N)c1-c1c(F)cc(I)cc1F. The summed E-state index contributed by atoms with van der Waals surface area (Å²) in [5.74, 6) is -2.33. The van der Waals surface area contributed by atoms with Crippen LogP contribution in [0.3, 0.4) is 0 Å². The molecule has 0 spiro atoms. The highest BCUT2D eigenvalue weighted by molar-refractivity contribution is 14.1. The molecule has 1 aromatic carbocycles. The molecule has 0 unspecified atom stereocenters. The normalized spacial score (nSPS) is 9.95. The van der Waals surface area contributed by atoms with Gasteiger partial charge in [0.1, 0.15) is 40.7 Å². The van der Waals surface area contributed by atoms with Crippen molar-refractivity contribution in [1.29, 1.82) is 10.5 Å². The molecule has 0 radical (unpaired) electrons. The summed E-state index contributed by atoms with van der Waals surface area (Å²) in [5, 5.41) is 18.1. The number of benzene rings is 1. The molecule has 0 amide bonds. The molecule has 5 nitrogen and oxygen atoms in total. The Bertz CT molecular complexity index is 870. The Hall–Kier alpha value is -2.46. The largest absolute Gasteiger partial charge is 0.384 e. The van der Waals surface area contributed by atoms with Gasteiger partial charge >= 0.3 is 0 Å². The first kappa shape index (κ1) is 14.9. The maximum Gasteiger partial charge on any atom is 0.268 e. The summed E-state index contributed by atoms with van der Waals surface area (Å²) in [4.78, 5) is 13.8. The lowest BCUT2D eigenvalue weighted by Gasteiger charge is -2.11. The van der Waals surface area contributed by atoms with Gasteiger partial charge in [0.05, 0.1) is 5.56 Å². The second kappa shape index (κ2) is 5.50. The predicted molar refractivity (Wildman–Crippen MR) is 79.0 cm³/mol. The molecule has 0 bridgehead atoms. The third-order valence-electron chi connectivity index (χ3n) is 2.73. The maximum atomic E-state index is 14.1. The Morgan fingerprint density at radius 3 is 2.10 bits per heavy atom. The van der Waals surface area contributed by atoms with E-state index in [1.807, 2.05) is 0 Å². The van der Waals surface area contributed by atoms with E-state index < -0.39 is 33.9 Å². The number of aromatic amines is 1. The zero-order valence-electron chi connectivity index (χ0n) is 10.2. The second-order valence-corrected chi connectivity index (χ2v) is 5.21. The van der Waals surface area contributed by atoms with E-state index in [2.05, 4.69) is 4.98 Å². The number of nitriles is 2. The Kier molecular flexibility index (Phi) is 3.91. The van der Waals surface area contributed by atoms with Crippen molar-refractivity contribution < 1.29 is 8.78 Å². The maximum absolute atomic E-state index is 14.1. The van der Waals surface area contributed by atoms with Crippen molar-refractivity contribution >= 4 is 28.4 Å². The molecule has 1 aromatic heterocycles. The molecule has 2 rings (SSSR count). The van der Waals surface area contributed by atoms with Crippen molar-refractivity contribution in [2.24, 2.45) is 0 Å². The van der Waals surface area contributed by atoms with Gasteiger partial charge in [-0.05, 0) is 34.7 Å². The minimum atomic E-state index is -0.989. The zero-order chi connectivity index (χ0) is 15.7. The highest BCUT2D eigenvalue weighted by Crippen LogP contribution is 2.33. The number of hydrogen-bond donors (Lipinski definition) is 2. The van der Waals surface area contributed by atoms with Gasteiger partial charge in [0.25, 0.3) is 5.56 Å². The second-order valence-electron chi connectivity index (χ2n) is 3.96. The van der Waals surface area contributed by atoms with Crippen molar-refractivity contribution in [3.05, 3.63) is 48.8 Å². The van der Waals surface area contributed by atoms with Crippen LogP contribution in [0.15, 0.2) is 16.9 Å². The van der Waals surface area contributed by atoms with Gasteiger partial charge in [0.15, 0.2) is 0 Å². The Morgan fingerprint density at radius 2 is 1.62 bits per heavy atom. The lowest BCUT2D eigenvalue weighted by Crippen LogP contribution is -2.17. The molecule has 3 N–H and O–H groups in total. The van der Waals surface area contributed by atoms with E-state index in [4.69, 9.17) is 16.3 Å². The van der Waals surface area contributed by atoms with Crippen LogP contribution in [0.1, 0.15) is 11.1 Å². The van der Waals surface area contributed by atoms with E-state index in [9.17, 15) is 13.6 Å². The van der Waals surface area contributed by atoms with Crippen LogP contribution in [0.2, 0.25) is 0 Å². The van der Waals surface area contributed by atoms with Crippen LogP contribution in [0, 0.1) is 37.9 Å². The van der Waals surface area contributed by atoms with Crippen LogP contribution in [0.4, 0.5) is 14.6 Å². The van der Waals surface area contributed by atoms with Crippen LogP contribution in [0.25, 0.3) is 11.1 Å². The van der Waals surface area contributed by atoms with Crippen LogP contribution in [0.5, 0.6) is 0 Å². The van der Waals surface area contributed by atoms with Gasteiger partial charge in [-0.15, -0.1) is 0 Å². The number of pyridine rings is 1. The van der Waals surface area contributed by atoms with Gasteiger partial charge in [-0.2, -0.15) is 10.5 Å². The summed E-state index contributed by atoms with van der Waals surface area (Å²) < 4.78 is 28.4. The van der Waals surface area contributed by atoms with Gasteiger partial charge in [-0.1, -0.05) is 0 Å². The minimum absolute atomic E-state index is 0.293. The van der Waals surface area contributed by atoms with Crippen molar-refractivity contribution in [2.75, 3.05) is 5.73 Å². The van der Waals surface area contributed by atoms with Crippen LogP contribution in [-0.4, -0.2) is 4.98 Å².